The van der Waals surface area contributed by atoms with E-state index < -0.39 is 0 Å². The van der Waals surface area contributed by atoms with Gasteiger partial charge in [0, 0.05) is 38.1 Å². The molecule has 0 bridgehead atoms. The molecule has 1 saturated heterocycles. The number of fused-ring (bicyclic) bond motifs is 1. The van der Waals surface area contributed by atoms with Crippen molar-refractivity contribution in [3.05, 3.63) is 30.3 Å². The normalized spacial score (nSPS) is 15.2. The van der Waals surface area contributed by atoms with Gasteiger partial charge in [-0.3, -0.25) is 4.57 Å². The van der Waals surface area contributed by atoms with E-state index in [1.54, 1.807) is 0 Å². The van der Waals surface area contributed by atoms with Crippen molar-refractivity contribution in [2.75, 3.05) is 18.0 Å². The first-order valence-electron chi connectivity index (χ1n) is 7.45. The molecule has 0 aliphatic carbocycles. The van der Waals surface area contributed by atoms with E-state index in [1.165, 1.54) is 23.7 Å². The van der Waals surface area contributed by atoms with Gasteiger partial charge in [0.15, 0.2) is 5.82 Å². The molecule has 5 heteroatoms. The summed E-state index contributed by atoms with van der Waals surface area (Å²) in [6, 6.07) is 10.6. The van der Waals surface area contributed by atoms with Crippen LogP contribution in [-0.4, -0.2) is 32.4 Å². The van der Waals surface area contributed by atoms with Crippen LogP contribution in [0, 0.1) is 0 Å². The van der Waals surface area contributed by atoms with Gasteiger partial charge in [0.05, 0.1) is 5.69 Å². The molecular formula is C16H19N5. The largest absolute Gasteiger partial charge is 0.341 e. The van der Waals surface area contributed by atoms with E-state index in [9.17, 15) is 0 Å². The maximum absolute atomic E-state index is 4.44. The van der Waals surface area contributed by atoms with Crippen LogP contribution >= 0.6 is 0 Å². The summed E-state index contributed by atoms with van der Waals surface area (Å²) in [4.78, 5) is 2.32. The Morgan fingerprint density at radius 3 is 2.48 bits per heavy atom. The van der Waals surface area contributed by atoms with Crippen molar-refractivity contribution in [3.8, 4) is 11.5 Å². The number of benzene rings is 1. The first-order valence-corrected chi connectivity index (χ1v) is 7.45. The molecule has 0 amide bonds. The molecule has 0 saturated carbocycles. The maximum Gasteiger partial charge on any atom is 0.227 e. The van der Waals surface area contributed by atoms with Crippen LogP contribution < -0.4 is 4.90 Å². The number of rotatable bonds is 2. The summed E-state index contributed by atoms with van der Waals surface area (Å²) in [5, 5.41) is 10.1. The Labute approximate surface area is 123 Å². The number of hydrogen-bond acceptors (Lipinski definition) is 3. The number of hydrogen-bond donors (Lipinski definition) is 0. The van der Waals surface area contributed by atoms with Crippen LogP contribution in [0.4, 0.5) is 5.95 Å². The molecule has 0 unspecified atom stereocenters. The molecule has 1 aromatic carbocycles. The zero-order valence-electron chi connectivity index (χ0n) is 12.5. The lowest BCUT2D eigenvalue weighted by atomic mass is 10.2. The van der Waals surface area contributed by atoms with Crippen molar-refractivity contribution in [1.82, 2.24) is 19.3 Å². The second kappa shape index (κ2) is 4.62. The second-order valence-electron chi connectivity index (χ2n) is 5.72. The Hall–Kier alpha value is -2.30. The fraction of sp³-hybridized carbons (Fsp3) is 0.375. The Morgan fingerprint density at radius 1 is 0.952 bits per heavy atom. The fourth-order valence-electron chi connectivity index (χ4n) is 3.24. The lowest BCUT2D eigenvalue weighted by Crippen LogP contribution is -2.21. The van der Waals surface area contributed by atoms with Crippen molar-refractivity contribution >= 4 is 16.9 Å². The van der Waals surface area contributed by atoms with Gasteiger partial charge in [-0.05, 0) is 25.0 Å². The van der Waals surface area contributed by atoms with E-state index in [-0.39, 0.29) is 0 Å². The third-order valence-corrected chi connectivity index (χ3v) is 4.42. The van der Waals surface area contributed by atoms with Crippen molar-refractivity contribution in [2.45, 2.75) is 12.8 Å². The SMILES string of the molecule is Cn1c(-c2cc3ccccc3n2C)nnc1N1CCCC1. The van der Waals surface area contributed by atoms with Gasteiger partial charge in [0.1, 0.15) is 0 Å². The Balaban J connectivity index is 1.83. The van der Waals surface area contributed by atoms with Crippen LogP contribution in [0.25, 0.3) is 22.4 Å². The topological polar surface area (TPSA) is 38.9 Å². The number of aromatic nitrogens is 4. The maximum atomic E-state index is 4.44. The highest BCUT2D eigenvalue weighted by Crippen LogP contribution is 2.28. The number of aryl methyl sites for hydroxylation is 1. The van der Waals surface area contributed by atoms with Gasteiger partial charge in [0.25, 0.3) is 0 Å². The summed E-state index contributed by atoms with van der Waals surface area (Å²) < 4.78 is 4.30. The van der Waals surface area contributed by atoms with E-state index in [2.05, 4.69) is 68.7 Å². The van der Waals surface area contributed by atoms with Gasteiger partial charge in [-0.15, -0.1) is 10.2 Å². The molecule has 108 valence electrons. The molecule has 0 atom stereocenters. The lowest BCUT2D eigenvalue weighted by Gasteiger charge is -2.15. The average Bonchev–Trinajstić information content (AvgIpc) is 3.19. The summed E-state index contributed by atoms with van der Waals surface area (Å²) in [6.07, 6.45) is 2.49. The summed E-state index contributed by atoms with van der Waals surface area (Å²) in [5.74, 6) is 1.91. The van der Waals surface area contributed by atoms with Crippen molar-refractivity contribution in [2.24, 2.45) is 14.1 Å². The third-order valence-electron chi connectivity index (χ3n) is 4.42. The Morgan fingerprint density at radius 2 is 1.71 bits per heavy atom. The molecule has 1 fully saturated rings. The molecule has 2 aromatic heterocycles. The molecule has 0 radical (unpaired) electrons. The van der Waals surface area contributed by atoms with Crippen LogP contribution in [0.1, 0.15) is 12.8 Å². The monoisotopic (exact) mass is 281 g/mol. The summed E-state index contributed by atoms with van der Waals surface area (Å²) in [6.45, 7) is 2.17. The van der Waals surface area contributed by atoms with Gasteiger partial charge < -0.3 is 9.47 Å². The first-order chi connectivity index (χ1) is 10.3. The van der Waals surface area contributed by atoms with Crippen LogP contribution in [0.2, 0.25) is 0 Å². The van der Waals surface area contributed by atoms with E-state index in [4.69, 9.17) is 0 Å². The third kappa shape index (κ3) is 1.84. The molecule has 1 aliphatic rings. The molecule has 3 aromatic rings. The van der Waals surface area contributed by atoms with Crippen LogP contribution in [-0.2, 0) is 14.1 Å². The second-order valence-corrected chi connectivity index (χ2v) is 5.72. The van der Waals surface area contributed by atoms with Crippen LogP contribution in [0.3, 0.4) is 0 Å². The van der Waals surface area contributed by atoms with Gasteiger partial charge in [-0.1, -0.05) is 18.2 Å². The number of nitrogens with zero attached hydrogens (tertiary/aromatic N) is 5. The van der Waals surface area contributed by atoms with Gasteiger partial charge in [-0.25, -0.2) is 0 Å². The molecular weight excluding hydrogens is 262 g/mol. The smallest absolute Gasteiger partial charge is 0.227 e. The summed E-state index contributed by atoms with van der Waals surface area (Å²) in [7, 11) is 4.14. The van der Waals surface area contributed by atoms with E-state index in [0.29, 0.717) is 0 Å². The minimum atomic E-state index is 0.926. The fourth-order valence-corrected chi connectivity index (χ4v) is 3.24. The Bertz CT molecular complexity index is 792. The highest BCUT2D eigenvalue weighted by molar-refractivity contribution is 5.85. The molecule has 21 heavy (non-hydrogen) atoms. The highest BCUT2D eigenvalue weighted by atomic mass is 15.4. The van der Waals surface area contributed by atoms with Crippen LogP contribution in [0.5, 0.6) is 0 Å². The first kappa shape index (κ1) is 12.4. The zero-order chi connectivity index (χ0) is 14.4. The minimum Gasteiger partial charge on any atom is -0.341 e. The summed E-state index contributed by atoms with van der Waals surface area (Å²) in [5.41, 5.74) is 2.33. The highest BCUT2D eigenvalue weighted by Gasteiger charge is 2.21. The predicted molar refractivity (Wildman–Crippen MR) is 84.4 cm³/mol. The minimum absolute atomic E-state index is 0.926. The van der Waals surface area contributed by atoms with Gasteiger partial charge in [0.2, 0.25) is 5.95 Å². The molecule has 3 heterocycles. The predicted octanol–water partition coefficient (Wildman–Crippen LogP) is 2.57. The van der Waals surface area contributed by atoms with E-state index in [1.807, 2.05) is 0 Å². The molecule has 1 aliphatic heterocycles. The average molecular weight is 281 g/mol. The number of anilines is 1. The quantitative estimate of drug-likeness (QED) is 0.724. The zero-order valence-corrected chi connectivity index (χ0v) is 12.5. The van der Waals surface area contributed by atoms with Crippen LogP contribution in [0.15, 0.2) is 30.3 Å². The molecule has 5 nitrogen and oxygen atoms in total. The molecule has 0 N–H and O–H groups in total. The molecule has 0 spiro atoms. The van der Waals surface area contributed by atoms with E-state index >= 15 is 0 Å². The van der Waals surface area contributed by atoms with Gasteiger partial charge >= 0.3 is 0 Å². The molecule has 4 rings (SSSR count). The van der Waals surface area contributed by atoms with Crippen molar-refractivity contribution < 1.29 is 0 Å². The van der Waals surface area contributed by atoms with E-state index in [0.717, 1.165) is 30.6 Å². The van der Waals surface area contributed by atoms with Gasteiger partial charge in [-0.2, -0.15) is 0 Å². The number of para-hydroxylation sites is 1. The van der Waals surface area contributed by atoms with Crippen molar-refractivity contribution in [3.63, 3.8) is 0 Å². The van der Waals surface area contributed by atoms with Crippen molar-refractivity contribution in [1.29, 1.82) is 0 Å². The lowest BCUT2D eigenvalue weighted by molar-refractivity contribution is 0.820. The summed E-state index contributed by atoms with van der Waals surface area (Å²) >= 11 is 0. The standard InChI is InChI=1S/C16H19N5/c1-19-13-8-4-3-7-12(13)11-14(19)15-17-18-16(20(15)2)21-9-5-6-10-21/h3-4,7-8,11H,5-6,9-10H2,1-2H3. The Kier molecular flexibility index (Phi) is 2.74.